The van der Waals surface area contributed by atoms with Gasteiger partial charge in [0.25, 0.3) is 0 Å². The van der Waals surface area contributed by atoms with Gasteiger partial charge in [-0.1, -0.05) is 51.4 Å². The molecule has 0 aliphatic heterocycles. The lowest BCUT2D eigenvalue weighted by atomic mass is 10.1. The zero-order chi connectivity index (χ0) is 14.6. The van der Waals surface area contributed by atoms with Gasteiger partial charge in [-0.05, 0) is 19.0 Å². The van der Waals surface area contributed by atoms with Crippen molar-refractivity contribution < 1.29 is 9.53 Å². The number of carbonyl (C=O) groups excluding carboxylic acids is 1. The number of ether oxygens (including phenoxy) is 1. The molecule has 0 amide bonds. The minimum absolute atomic E-state index is 0.0888. The molecule has 0 saturated carbocycles. The van der Waals surface area contributed by atoms with Crippen LogP contribution < -0.4 is 0 Å². The van der Waals surface area contributed by atoms with Gasteiger partial charge in [0, 0.05) is 6.42 Å². The lowest BCUT2D eigenvalue weighted by Gasteiger charge is -2.09. The monoisotopic (exact) mass is 326 g/mol. The Hall–Kier alpha value is 0.267. The van der Waals surface area contributed by atoms with E-state index in [9.17, 15) is 4.79 Å². The first-order chi connectivity index (χ1) is 8.95. The summed E-state index contributed by atoms with van der Waals surface area (Å²) in [7, 11) is 1.45. The van der Waals surface area contributed by atoms with Gasteiger partial charge in [-0.15, -0.1) is 22.2 Å². The molecule has 0 unspecified atom stereocenters. The first kappa shape index (κ1) is 19.3. The Morgan fingerprint density at radius 1 is 0.895 bits per heavy atom. The molecule has 2 nitrogen and oxygen atoms in total. The van der Waals surface area contributed by atoms with Gasteiger partial charge in [0.2, 0.25) is 6.69 Å². The molecule has 5 heteroatoms. The van der Waals surface area contributed by atoms with Gasteiger partial charge in [0.1, 0.15) is 0 Å². The van der Waals surface area contributed by atoms with Gasteiger partial charge < -0.3 is 4.74 Å². The van der Waals surface area contributed by atoms with Crippen molar-refractivity contribution >= 4 is 34.8 Å². The van der Waals surface area contributed by atoms with Gasteiger partial charge in [0.15, 0.2) is 0 Å². The zero-order valence-electron chi connectivity index (χ0n) is 12.4. The Kier molecular flexibility index (Phi) is 12.2. The second-order valence-electron chi connectivity index (χ2n) is 5.33. The number of hydrogen-bond acceptors (Lipinski definition) is 2. The van der Waals surface area contributed by atoms with Crippen molar-refractivity contribution in [1.82, 2.24) is 0 Å². The number of carbonyl (C=O) groups is 1. The van der Waals surface area contributed by atoms with Crippen LogP contribution in [0, 0.1) is 0 Å². The number of methoxy groups -OCH3 is 1. The summed E-state index contributed by atoms with van der Waals surface area (Å²) in [4.78, 5) is 10.9. The Morgan fingerprint density at radius 3 is 1.74 bits per heavy atom. The molecular weight excluding hydrogens is 299 g/mol. The fourth-order valence-corrected chi connectivity index (χ4v) is 3.72. The summed E-state index contributed by atoms with van der Waals surface area (Å²) in [5.74, 6) is -0.0888. The predicted octanol–water partition coefficient (Wildman–Crippen LogP) is 5.61. The molecule has 0 rings (SSSR count). The number of esters is 1. The van der Waals surface area contributed by atoms with Crippen molar-refractivity contribution in [3.8, 4) is 0 Å². The van der Waals surface area contributed by atoms with Crippen LogP contribution in [0.3, 0.4) is 0 Å². The Bertz CT molecular complexity index is 230. The van der Waals surface area contributed by atoms with Crippen molar-refractivity contribution in [3.05, 3.63) is 0 Å². The van der Waals surface area contributed by atoms with E-state index in [4.69, 9.17) is 22.2 Å². The molecule has 0 bridgehead atoms. The average Bonchev–Trinajstić information content (AvgIpc) is 2.34. The van der Waals surface area contributed by atoms with E-state index in [1.54, 1.807) is 0 Å². The quantitative estimate of drug-likeness (QED) is 0.201. The van der Waals surface area contributed by atoms with Crippen molar-refractivity contribution in [1.29, 1.82) is 0 Å². The molecule has 0 fully saturated rings. The van der Waals surface area contributed by atoms with Gasteiger partial charge in [-0.3, -0.25) is 4.79 Å². The van der Waals surface area contributed by atoms with Gasteiger partial charge >= 0.3 is 5.97 Å². The summed E-state index contributed by atoms with van der Waals surface area (Å²) < 4.78 is 4.60. The summed E-state index contributed by atoms with van der Waals surface area (Å²) >= 11 is 12.1. The molecule has 0 aliphatic rings. The molecule has 0 aromatic carbocycles. The van der Waals surface area contributed by atoms with Crippen LogP contribution >= 0.6 is 22.2 Å². The minimum atomic E-state index is -1.85. The number of unbranched alkanes of at least 4 members (excludes halogenated alkanes) is 8. The SMILES string of the molecule is COC(=O)CCCCCCCCCCC[Si](C)(Cl)Cl. The third-order valence-electron chi connectivity index (χ3n) is 3.22. The van der Waals surface area contributed by atoms with Crippen LogP contribution in [-0.2, 0) is 9.53 Å². The predicted molar refractivity (Wildman–Crippen MR) is 86.3 cm³/mol. The van der Waals surface area contributed by atoms with E-state index in [-0.39, 0.29) is 5.97 Å². The van der Waals surface area contributed by atoms with Crippen molar-refractivity contribution in [2.45, 2.75) is 76.8 Å². The number of rotatable bonds is 12. The van der Waals surface area contributed by atoms with E-state index in [1.165, 1.54) is 52.1 Å². The van der Waals surface area contributed by atoms with E-state index in [0.29, 0.717) is 6.42 Å². The van der Waals surface area contributed by atoms with Crippen LogP contribution in [0.2, 0.25) is 12.6 Å². The number of halogens is 2. The zero-order valence-corrected chi connectivity index (χ0v) is 14.9. The highest BCUT2D eigenvalue weighted by Gasteiger charge is 2.19. The molecular formula is C14H28Cl2O2Si. The van der Waals surface area contributed by atoms with E-state index in [2.05, 4.69) is 4.74 Å². The summed E-state index contributed by atoms with van der Waals surface area (Å²) in [6.45, 7) is 0.137. The fourth-order valence-electron chi connectivity index (χ4n) is 2.04. The largest absolute Gasteiger partial charge is 0.469 e. The van der Waals surface area contributed by atoms with Crippen LogP contribution in [-0.4, -0.2) is 19.8 Å². The maximum atomic E-state index is 10.9. The highest BCUT2D eigenvalue weighted by molar-refractivity contribution is 7.44. The lowest BCUT2D eigenvalue weighted by Crippen LogP contribution is -2.11. The molecule has 0 N–H and O–H groups in total. The molecule has 0 radical (unpaired) electrons. The standard InChI is InChI=1S/C14H28Cl2O2Si/c1-18-14(17)12-10-8-6-4-3-5-7-9-11-13-19(2,15)16/h3-13H2,1-2H3. The maximum absolute atomic E-state index is 10.9. The van der Waals surface area contributed by atoms with Crippen LogP contribution in [0.4, 0.5) is 0 Å². The first-order valence-corrected chi connectivity index (χ1v) is 12.1. The maximum Gasteiger partial charge on any atom is 0.305 e. The van der Waals surface area contributed by atoms with E-state index in [1.807, 2.05) is 6.55 Å². The summed E-state index contributed by atoms with van der Waals surface area (Å²) in [6, 6.07) is 1.02. The Labute approximate surface area is 128 Å². The third-order valence-corrected chi connectivity index (χ3v) is 5.59. The Balaban J connectivity index is 3.09. The van der Waals surface area contributed by atoms with Crippen LogP contribution in [0.1, 0.15) is 64.2 Å². The minimum Gasteiger partial charge on any atom is -0.469 e. The van der Waals surface area contributed by atoms with E-state index < -0.39 is 6.69 Å². The average molecular weight is 327 g/mol. The molecule has 0 atom stereocenters. The molecule has 19 heavy (non-hydrogen) atoms. The van der Waals surface area contributed by atoms with Crippen molar-refractivity contribution in [2.24, 2.45) is 0 Å². The highest BCUT2D eigenvalue weighted by Crippen LogP contribution is 2.23. The molecule has 0 heterocycles. The van der Waals surface area contributed by atoms with Crippen molar-refractivity contribution in [2.75, 3.05) is 7.11 Å². The fraction of sp³-hybridized carbons (Fsp3) is 0.929. The summed E-state index contributed by atoms with van der Waals surface area (Å²) in [5.41, 5.74) is 0. The van der Waals surface area contributed by atoms with E-state index in [0.717, 1.165) is 18.9 Å². The summed E-state index contributed by atoms with van der Waals surface area (Å²) in [6.07, 6.45) is 11.5. The van der Waals surface area contributed by atoms with Gasteiger partial charge in [-0.25, -0.2) is 0 Å². The second-order valence-corrected chi connectivity index (χ2v) is 13.6. The topological polar surface area (TPSA) is 26.3 Å². The third kappa shape index (κ3) is 16.2. The van der Waals surface area contributed by atoms with Gasteiger partial charge in [-0.2, -0.15) is 0 Å². The molecule has 0 aromatic heterocycles. The van der Waals surface area contributed by atoms with Crippen LogP contribution in [0.25, 0.3) is 0 Å². The van der Waals surface area contributed by atoms with Gasteiger partial charge in [0.05, 0.1) is 7.11 Å². The summed E-state index contributed by atoms with van der Waals surface area (Å²) in [5, 5.41) is 0. The lowest BCUT2D eigenvalue weighted by molar-refractivity contribution is -0.140. The Morgan fingerprint density at radius 2 is 1.32 bits per heavy atom. The second kappa shape index (κ2) is 12.0. The normalized spacial score (nSPS) is 11.6. The molecule has 0 spiro atoms. The first-order valence-electron chi connectivity index (χ1n) is 7.40. The van der Waals surface area contributed by atoms with E-state index >= 15 is 0 Å². The smallest absolute Gasteiger partial charge is 0.305 e. The van der Waals surface area contributed by atoms with Crippen molar-refractivity contribution in [3.63, 3.8) is 0 Å². The molecule has 0 saturated heterocycles. The van der Waals surface area contributed by atoms with Crippen LogP contribution in [0.15, 0.2) is 0 Å². The number of hydrogen-bond donors (Lipinski definition) is 0. The highest BCUT2D eigenvalue weighted by atomic mass is 35.7. The molecule has 114 valence electrons. The molecule has 0 aromatic rings. The molecule has 0 aliphatic carbocycles. The van der Waals surface area contributed by atoms with Crippen LogP contribution in [0.5, 0.6) is 0 Å².